The summed E-state index contributed by atoms with van der Waals surface area (Å²) in [6.45, 7) is 3.47. The fourth-order valence-corrected chi connectivity index (χ4v) is 5.67. The number of amides is 1. The third-order valence-electron chi connectivity index (χ3n) is 7.30. The molecule has 3 fully saturated rings. The molecule has 1 aromatic carbocycles. The minimum atomic E-state index is -0.271. The number of nitrogens with one attached hydrogen (secondary N) is 1. The van der Waals surface area contributed by atoms with Gasteiger partial charge in [0, 0.05) is 17.5 Å². The van der Waals surface area contributed by atoms with Crippen LogP contribution in [-0.2, 0) is 16.0 Å². The number of ether oxygens (including phenoxy) is 1. The van der Waals surface area contributed by atoms with Gasteiger partial charge in [-0.2, -0.15) is 0 Å². The molecule has 5 nitrogen and oxygen atoms in total. The largest absolute Gasteiger partial charge is 0.379 e. The number of aromatic nitrogens is 1. The number of nitrogens with zero attached hydrogens (tertiary/aromatic N) is 2. The Morgan fingerprint density at radius 2 is 1.90 bits per heavy atom. The zero-order valence-electron chi connectivity index (χ0n) is 17.1. The van der Waals surface area contributed by atoms with Crippen LogP contribution in [0.1, 0.15) is 44.1 Å². The van der Waals surface area contributed by atoms with Gasteiger partial charge in [0.05, 0.1) is 24.8 Å². The highest BCUT2D eigenvalue weighted by atomic mass is 16.5. The van der Waals surface area contributed by atoms with Crippen LogP contribution >= 0.6 is 0 Å². The number of fused-ring (bicyclic) bond motifs is 1. The molecule has 0 radical (unpaired) electrons. The Hall–Kier alpha value is -1.98. The van der Waals surface area contributed by atoms with Gasteiger partial charge in [-0.25, -0.2) is 0 Å². The fraction of sp³-hybridized carbons (Fsp3) is 0.583. The summed E-state index contributed by atoms with van der Waals surface area (Å²) >= 11 is 0. The number of carbonyl (C=O) groups excluding carboxylic acids is 1. The SMILES string of the molecule is O=C(NC1COCC1Cc1ccnc2ccccc12)C1(N2CCCC2)CCCC1. The smallest absolute Gasteiger partial charge is 0.240 e. The van der Waals surface area contributed by atoms with Crippen molar-refractivity contribution in [2.75, 3.05) is 26.3 Å². The Morgan fingerprint density at radius 1 is 1.10 bits per heavy atom. The molecule has 0 spiro atoms. The minimum Gasteiger partial charge on any atom is -0.379 e. The van der Waals surface area contributed by atoms with Crippen LogP contribution in [0.25, 0.3) is 10.9 Å². The van der Waals surface area contributed by atoms with Crippen molar-refractivity contribution in [1.82, 2.24) is 15.2 Å². The summed E-state index contributed by atoms with van der Waals surface area (Å²) in [7, 11) is 0. The number of hydrogen-bond acceptors (Lipinski definition) is 4. The Labute approximate surface area is 172 Å². The van der Waals surface area contributed by atoms with Gasteiger partial charge in [0.1, 0.15) is 5.54 Å². The Balaban J connectivity index is 1.32. The molecule has 2 atom stereocenters. The van der Waals surface area contributed by atoms with E-state index in [1.54, 1.807) is 0 Å². The van der Waals surface area contributed by atoms with Crippen LogP contribution in [0.15, 0.2) is 36.5 Å². The number of hydrogen-bond donors (Lipinski definition) is 1. The van der Waals surface area contributed by atoms with Crippen molar-refractivity contribution in [2.45, 2.75) is 56.5 Å². The lowest BCUT2D eigenvalue weighted by atomic mass is 9.90. The summed E-state index contributed by atoms with van der Waals surface area (Å²) in [5.74, 6) is 0.554. The van der Waals surface area contributed by atoms with Gasteiger partial charge in [-0.05, 0) is 62.9 Å². The predicted octanol–water partition coefficient (Wildman–Crippen LogP) is 3.32. The molecule has 0 bridgehead atoms. The Bertz CT molecular complexity index is 866. The molecule has 3 heterocycles. The number of carbonyl (C=O) groups is 1. The normalized spacial score (nSPS) is 26.9. The van der Waals surface area contributed by atoms with Crippen molar-refractivity contribution in [1.29, 1.82) is 0 Å². The van der Waals surface area contributed by atoms with Crippen LogP contribution in [0.3, 0.4) is 0 Å². The van der Waals surface area contributed by atoms with Crippen molar-refractivity contribution in [3.63, 3.8) is 0 Å². The second-order valence-corrected chi connectivity index (χ2v) is 9.00. The molecular formula is C24H31N3O2. The van der Waals surface area contributed by atoms with E-state index < -0.39 is 0 Å². The Morgan fingerprint density at radius 3 is 2.72 bits per heavy atom. The number of para-hydroxylation sites is 1. The second-order valence-electron chi connectivity index (χ2n) is 9.00. The lowest BCUT2D eigenvalue weighted by Crippen LogP contribution is -2.59. The average Bonchev–Trinajstić information content (AvgIpc) is 3.51. The number of benzene rings is 1. The topological polar surface area (TPSA) is 54.5 Å². The summed E-state index contributed by atoms with van der Waals surface area (Å²) in [5, 5.41) is 4.64. The minimum absolute atomic E-state index is 0.0921. The van der Waals surface area contributed by atoms with E-state index in [9.17, 15) is 4.79 Å². The first-order chi connectivity index (χ1) is 14.3. The van der Waals surface area contributed by atoms with E-state index in [-0.39, 0.29) is 17.5 Å². The lowest BCUT2D eigenvalue weighted by Gasteiger charge is -2.38. The molecule has 3 aliphatic rings. The maximum atomic E-state index is 13.5. The van der Waals surface area contributed by atoms with E-state index in [0.717, 1.165) is 50.7 Å². The molecule has 1 saturated carbocycles. The molecule has 5 rings (SSSR count). The Kier molecular flexibility index (Phi) is 5.27. The molecule has 5 heteroatoms. The lowest BCUT2D eigenvalue weighted by molar-refractivity contribution is -0.133. The van der Waals surface area contributed by atoms with Crippen molar-refractivity contribution >= 4 is 16.8 Å². The van der Waals surface area contributed by atoms with E-state index in [0.29, 0.717) is 19.1 Å². The van der Waals surface area contributed by atoms with Gasteiger partial charge >= 0.3 is 0 Å². The zero-order chi connectivity index (χ0) is 19.7. The molecular weight excluding hydrogens is 362 g/mol. The van der Waals surface area contributed by atoms with Gasteiger partial charge in [-0.15, -0.1) is 0 Å². The molecule has 1 aliphatic carbocycles. The number of likely N-dealkylation sites (tertiary alicyclic amines) is 1. The quantitative estimate of drug-likeness (QED) is 0.847. The zero-order valence-corrected chi connectivity index (χ0v) is 17.1. The van der Waals surface area contributed by atoms with Crippen LogP contribution in [0.4, 0.5) is 0 Å². The third kappa shape index (κ3) is 3.55. The molecule has 1 N–H and O–H groups in total. The van der Waals surface area contributed by atoms with Crippen molar-refractivity contribution in [3.8, 4) is 0 Å². The summed E-state index contributed by atoms with van der Waals surface area (Å²) < 4.78 is 5.83. The van der Waals surface area contributed by atoms with Crippen LogP contribution < -0.4 is 5.32 Å². The number of rotatable bonds is 5. The first-order valence-electron chi connectivity index (χ1n) is 11.2. The molecule has 1 amide bonds. The average molecular weight is 394 g/mol. The van der Waals surface area contributed by atoms with Gasteiger partial charge in [0.2, 0.25) is 5.91 Å². The number of pyridine rings is 1. The van der Waals surface area contributed by atoms with E-state index in [1.807, 2.05) is 12.3 Å². The van der Waals surface area contributed by atoms with Crippen LogP contribution in [0, 0.1) is 5.92 Å². The maximum Gasteiger partial charge on any atom is 0.240 e. The summed E-state index contributed by atoms with van der Waals surface area (Å²) in [6, 6.07) is 10.5. The van der Waals surface area contributed by atoms with Gasteiger partial charge < -0.3 is 10.1 Å². The van der Waals surface area contributed by atoms with E-state index in [1.165, 1.54) is 23.8 Å². The van der Waals surface area contributed by atoms with Crippen LogP contribution in [0.2, 0.25) is 0 Å². The fourth-order valence-electron chi connectivity index (χ4n) is 5.67. The first-order valence-corrected chi connectivity index (χ1v) is 11.2. The predicted molar refractivity (Wildman–Crippen MR) is 114 cm³/mol. The van der Waals surface area contributed by atoms with Gasteiger partial charge in [-0.1, -0.05) is 31.0 Å². The monoisotopic (exact) mass is 393 g/mol. The molecule has 2 saturated heterocycles. The molecule has 29 heavy (non-hydrogen) atoms. The van der Waals surface area contributed by atoms with Crippen LogP contribution in [0.5, 0.6) is 0 Å². The van der Waals surface area contributed by atoms with Crippen molar-refractivity contribution in [2.24, 2.45) is 5.92 Å². The highest BCUT2D eigenvalue weighted by Gasteiger charge is 2.48. The summed E-state index contributed by atoms with van der Waals surface area (Å²) in [5.41, 5.74) is 2.05. The first kappa shape index (κ1) is 19.0. The summed E-state index contributed by atoms with van der Waals surface area (Å²) in [4.78, 5) is 20.5. The molecule has 2 unspecified atom stereocenters. The standard InChI is InChI=1S/C24H31N3O2/c28-23(24(10-3-4-11-24)27-13-5-6-14-27)26-22-17-29-16-19(22)15-18-9-12-25-21-8-2-1-7-20(18)21/h1-2,7-9,12,19,22H,3-6,10-11,13-17H2,(H,26,28). The second kappa shape index (κ2) is 8.04. The van der Waals surface area contributed by atoms with Gasteiger partial charge in [-0.3, -0.25) is 14.7 Å². The molecule has 154 valence electrons. The van der Waals surface area contributed by atoms with Crippen molar-refractivity contribution in [3.05, 3.63) is 42.1 Å². The molecule has 2 aliphatic heterocycles. The third-order valence-corrected chi connectivity index (χ3v) is 7.30. The van der Waals surface area contributed by atoms with Gasteiger partial charge in [0.25, 0.3) is 0 Å². The van der Waals surface area contributed by atoms with Crippen molar-refractivity contribution < 1.29 is 9.53 Å². The van der Waals surface area contributed by atoms with E-state index in [2.05, 4.69) is 39.5 Å². The van der Waals surface area contributed by atoms with E-state index >= 15 is 0 Å². The highest BCUT2D eigenvalue weighted by molar-refractivity contribution is 5.87. The van der Waals surface area contributed by atoms with E-state index in [4.69, 9.17) is 4.74 Å². The maximum absolute atomic E-state index is 13.5. The van der Waals surface area contributed by atoms with Gasteiger partial charge in [0.15, 0.2) is 0 Å². The molecule has 1 aromatic heterocycles. The van der Waals surface area contributed by atoms with Crippen LogP contribution in [-0.4, -0.2) is 53.7 Å². The highest BCUT2D eigenvalue weighted by Crippen LogP contribution is 2.38. The summed E-state index contributed by atoms with van der Waals surface area (Å²) in [6.07, 6.45) is 9.58. The molecule has 2 aromatic rings.